The van der Waals surface area contributed by atoms with E-state index in [2.05, 4.69) is 30.9 Å². The van der Waals surface area contributed by atoms with E-state index in [-0.39, 0.29) is 18.4 Å². The Hall–Kier alpha value is -1.82. The van der Waals surface area contributed by atoms with Crippen molar-refractivity contribution in [1.29, 1.82) is 0 Å². The highest BCUT2D eigenvalue weighted by Crippen LogP contribution is 2.45. The van der Waals surface area contributed by atoms with Crippen LogP contribution in [-0.2, 0) is 23.7 Å². The molecule has 4 rings (SSSR count). The number of imidazole rings is 1. The van der Waals surface area contributed by atoms with E-state index in [1.165, 1.54) is 13.3 Å². The SMILES string of the molecule is CC(=O)OC[C@H]1O[C@H](n2c(Br)nc3c(N)ncnc32)[C@@H]2OC(C)(C)O[C@H]21. The number of nitrogens with zero attached hydrogens (tertiary/aromatic N) is 4. The normalized spacial score (nSPS) is 29.8. The topological polar surface area (TPSA) is 124 Å². The Labute approximate surface area is 157 Å². The summed E-state index contributed by atoms with van der Waals surface area (Å²) in [4.78, 5) is 23.8. The molecule has 0 radical (unpaired) electrons. The Balaban J connectivity index is 1.73. The van der Waals surface area contributed by atoms with E-state index in [0.717, 1.165) is 0 Å². The Morgan fingerprint density at radius 2 is 2.12 bits per heavy atom. The van der Waals surface area contributed by atoms with E-state index < -0.39 is 30.3 Å². The Morgan fingerprint density at radius 3 is 2.85 bits per heavy atom. The number of ether oxygens (including phenoxy) is 4. The van der Waals surface area contributed by atoms with Gasteiger partial charge in [-0.05, 0) is 29.8 Å². The highest BCUT2D eigenvalue weighted by molar-refractivity contribution is 9.10. The number of nitrogen functional groups attached to an aromatic ring is 1. The fourth-order valence-corrected chi connectivity index (χ4v) is 3.87. The van der Waals surface area contributed by atoms with Crippen LogP contribution < -0.4 is 5.73 Å². The summed E-state index contributed by atoms with van der Waals surface area (Å²) in [6.07, 6.45) is -0.551. The molecule has 140 valence electrons. The minimum atomic E-state index is -0.789. The van der Waals surface area contributed by atoms with Gasteiger partial charge in [-0.25, -0.2) is 15.0 Å². The number of fused-ring (bicyclic) bond motifs is 2. The molecule has 0 unspecified atom stereocenters. The van der Waals surface area contributed by atoms with Crippen LogP contribution in [-0.4, -0.2) is 56.2 Å². The van der Waals surface area contributed by atoms with Crippen LogP contribution in [0.3, 0.4) is 0 Å². The summed E-state index contributed by atoms with van der Waals surface area (Å²) in [5.74, 6) is -0.908. The monoisotopic (exact) mass is 427 g/mol. The van der Waals surface area contributed by atoms with Crippen LogP contribution in [0.15, 0.2) is 11.1 Å². The molecule has 2 saturated heterocycles. The van der Waals surface area contributed by atoms with Gasteiger partial charge in [-0.3, -0.25) is 9.36 Å². The van der Waals surface area contributed by atoms with Crippen molar-refractivity contribution in [3.8, 4) is 0 Å². The van der Waals surface area contributed by atoms with Crippen molar-refractivity contribution in [3.63, 3.8) is 0 Å². The number of aromatic nitrogens is 4. The Morgan fingerprint density at radius 1 is 1.38 bits per heavy atom. The third kappa shape index (κ3) is 2.84. The van der Waals surface area contributed by atoms with Crippen molar-refractivity contribution in [2.45, 2.75) is 51.1 Å². The van der Waals surface area contributed by atoms with Crippen LogP contribution >= 0.6 is 15.9 Å². The summed E-state index contributed by atoms with van der Waals surface area (Å²) in [6, 6.07) is 0. The van der Waals surface area contributed by atoms with Crippen LogP contribution in [0, 0.1) is 0 Å². The summed E-state index contributed by atoms with van der Waals surface area (Å²) in [5, 5.41) is 0. The van der Waals surface area contributed by atoms with E-state index in [1.54, 1.807) is 4.57 Å². The van der Waals surface area contributed by atoms with E-state index in [4.69, 9.17) is 24.7 Å². The molecule has 0 aromatic carbocycles. The average Bonchev–Trinajstić information content (AvgIpc) is 3.14. The van der Waals surface area contributed by atoms with Crippen molar-refractivity contribution < 1.29 is 23.7 Å². The highest BCUT2D eigenvalue weighted by atomic mass is 79.9. The van der Waals surface area contributed by atoms with E-state index >= 15 is 0 Å². The molecule has 2 aromatic rings. The summed E-state index contributed by atoms with van der Waals surface area (Å²) in [6.45, 7) is 5.06. The Bertz CT molecular complexity index is 871. The molecule has 11 heteroatoms. The van der Waals surface area contributed by atoms with Gasteiger partial charge in [0.1, 0.15) is 31.2 Å². The number of nitrogens with two attached hydrogens (primary N) is 1. The fraction of sp³-hybridized carbons (Fsp3) is 0.600. The van der Waals surface area contributed by atoms with Crippen molar-refractivity contribution >= 4 is 38.9 Å². The Kier molecular flexibility index (Phi) is 4.14. The zero-order valence-electron chi connectivity index (χ0n) is 14.4. The second-order valence-electron chi connectivity index (χ2n) is 6.61. The van der Waals surface area contributed by atoms with Gasteiger partial charge in [0, 0.05) is 6.92 Å². The third-order valence-corrected chi connectivity index (χ3v) is 4.85. The first-order valence-electron chi connectivity index (χ1n) is 8.05. The summed E-state index contributed by atoms with van der Waals surface area (Å²) < 4.78 is 25.5. The maximum atomic E-state index is 11.2. The lowest BCUT2D eigenvalue weighted by Crippen LogP contribution is -2.33. The van der Waals surface area contributed by atoms with Gasteiger partial charge in [-0.1, -0.05) is 0 Å². The summed E-state index contributed by atoms with van der Waals surface area (Å²) >= 11 is 3.43. The van der Waals surface area contributed by atoms with E-state index in [0.29, 0.717) is 15.9 Å². The number of hydrogen-bond acceptors (Lipinski definition) is 9. The molecule has 0 amide bonds. The lowest BCUT2D eigenvalue weighted by Gasteiger charge is -2.25. The molecule has 10 nitrogen and oxygen atoms in total. The molecule has 4 atom stereocenters. The molecule has 0 spiro atoms. The molecule has 4 heterocycles. The van der Waals surface area contributed by atoms with Crippen molar-refractivity contribution in [1.82, 2.24) is 19.5 Å². The fourth-order valence-electron chi connectivity index (χ4n) is 3.33. The molecule has 0 aliphatic carbocycles. The van der Waals surface area contributed by atoms with Crippen molar-refractivity contribution in [2.75, 3.05) is 12.3 Å². The minimum absolute atomic E-state index is 0.0633. The first-order chi connectivity index (χ1) is 12.3. The predicted octanol–water partition coefficient (Wildman–Crippen LogP) is 1.15. The second-order valence-corrected chi connectivity index (χ2v) is 7.32. The van der Waals surface area contributed by atoms with Gasteiger partial charge in [-0.15, -0.1) is 0 Å². The molecule has 0 saturated carbocycles. The number of rotatable bonds is 3. The van der Waals surface area contributed by atoms with Gasteiger partial charge in [0.15, 0.2) is 33.7 Å². The first-order valence-corrected chi connectivity index (χ1v) is 8.84. The van der Waals surface area contributed by atoms with Gasteiger partial charge < -0.3 is 24.7 Å². The third-order valence-electron chi connectivity index (χ3n) is 4.29. The largest absolute Gasteiger partial charge is 0.463 e. The van der Waals surface area contributed by atoms with Gasteiger partial charge >= 0.3 is 5.97 Å². The van der Waals surface area contributed by atoms with Gasteiger partial charge in [0.2, 0.25) is 0 Å². The average molecular weight is 428 g/mol. The molecule has 2 aliphatic rings. The van der Waals surface area contributed by atoms with E-state index in [1.807, 2.05) is 13.8 Å². The second kappa shape index (κ2) is 6.12. The first kappa shape index (κ1) is 17.6. The van der Waals surface area contributed by atoms with Crippen molar-refractivity contribution in [2.24, 2.45) is 0 Å². The lowest BCUT2D eigenvalue weighted by molar-refractivity contribution is -0.202. The van der Waals surface area contributed by atoms with Crippen molar-refractivity contribution in [3.05, 3.63) is 11.1 Å². The van der Waals surface area contributed by atoms with E-state index in [9.17, 15) is 4.79 Å². The molecular formula is C15H18BrN5O5. The number of halogens is 1. The molecule has 2 aliphatic heterocycles. The zero-order chi connectivity index (χ0) is 18.6. The maximum Gasteiger partial charge on any atom is 0.302 e. The summed E-state index contributed by atoms with van der Waals surface area (Å²) in [7, 11) is 0. The van der Waals surface area contributed by atoms with Crippen LogP contribution in [0.2, 0.25) is 0 Å². The van der Waals surface area contributed by atoms with Crippen LogP contribution in [0.5, 0.6) is 0 Å². The lowest BCUT2D eigenvalue weighted by atomic mass is 10.1. The number of carbonyl (C=O) groups excluding carboxylic acids is 1. The highest BCUT2D eigenvalue weighted by Gasteiger charge is 2.56. The number of hydrogen-bond donors (Lipinski definition) is 1. The molecule has 0 bridgehead atoms. The number of esters is 1. The van der Waals surface area contributed by atoms with Gasteiger partial charge in [0.25, 0.3) is 0 Å². The smallest absolute Gasteiger partial charge is 0.302 e. The molecule has 26 heavy (non-hydrogen) atoms. The zero-order valence-corrected chi connectivity index (χ0v) is 16.0. The van der Waals surface area contributed by atoms with Crippen LogP contribution in [0.1, 0.15) is 27.0 Å². The maximum absolute atomic E-state index is 11.2. The van der Waals surface area contributed by atoms with Gasteiger partial charge in [0.05, 0.1) is 0 Å². The molecular weight excluding hydrogens is 410 g/mol. The number of anilines is 1. The molecule has 2 N–H and O–H groups in total. The minimum Gasteiger partial charge on any atom is -0.463 e. The standard InChI is InChI=1S/C15H18BrN5O5/c1-6(22)23-4-7-9-10(26-15(2,3)25-9)13(24-7)21-12-8(20-14(21)16)11(17)18-5-19-12/h5,7,9-10,13H,4H2,1-3H3,(H2,17,18,19)/t7-,9+,10-,13+/m1/s1. The number of carbonyl (C=O) groups is 1. The van der Waals surface area contributed by atoms with Crippen LogP contribution in [0.25, 0.3) is 11.2 Å². The summed E-state index contributed by atoms with van der Waals surface area (Å²) in [5.41, 5.74) is 6.86. The predicted molar refractivity (Wildman–Crippen MR) is 91.8 cm³/mol. The molecule has 2 aromatic heterocycles. The quantitative estimate of drug-likeness (QED) is 0.566. The van der Waals surface area contributed by atoms with Crippen LogP contribution in [0.4, 0.5) is 5.82 Å². The molecule has 2 fully saturated rings. The van der Waals surface area contributed by atoms with Gasteiger partial charge in [-0.2, -0.15) is 0 Å².